The van der Waals surface area contributed by atoms with Crippen LogP contribution in [0.2, 0.25) is 0 Å². The second-order valence-corrected chi connectivity index (χ2v) is 5.88. The molecule has 22 heavy (non-hydrogen) atoms. The first kappa shape index (κ1) is 16.5. The van der Waals surface area contributed by atoms with Gasteiger partial charge in [0.15, 0.2) is 0 Å². The van der Waals surface area contributed by atoms with Crippen LogP contribution in [0, 0.1) is 13.8 Å². The van der Waals surface area contributed by atoms with E-state index in [0.717, 1.165) is 48.1 Å². The van der Waals surface area contributed by atoms with E-state index in [1.165, 1.54) is 5.56 Å². The highest BCUT2D eigenvalue weighted by Crippen LogP contribution is 2.23. The monoisotopic (exact) mass is 298 g/mol. The lowest BCUT2D eigenvalue weighted by atomic mass is 9.99. The lowest BCUT2D eigenvalue weighted by Gasteiger charge is -2.22. The molecule has 0 spiro atoms. The van der Waals surface area contributed by atoms with E-state index in [1.54, 1.807) is 0 Å². The lowest BCUT2D eigenvalue weighted by Crippen LogP contribution is -2.34. The summed E-state index contributed by atoms with van der Waals surface area (Å²) >= 11 is 0. The molecule has 118 valence electrons. The summed E-state index contributed by atoms with van der Waals surface area (Å²) in [6.45, 7) is 10.0. The van der Waals surface area contributed by atoms with Gasteiger partial charge in [-0.1, -0.05) is 32.0 Å². The van der Waals surface area contributed by atoms with Crippen molar-refractivity contribution in [1.29, 1.82) is 0 Å². The molecule has 0 N–H and O–H groups in total. The van der Waals surface area contributed by atoms with Crippen molar-refractivity contribution < 1.29 is 4.79 Å². The van der Waals surface area contributed by atoms with E-state index in [4.69, 9.17) is 0 Å². The number of carbonyl (C=O) groups is 1. The van der Waals surface area contributed by atoms with E-state index in [9.17, 15) is 4.79 Å². The molecule has 2 aromatic rings. The fourth-order valence-corrected chi connectivity index (χ4v) is 2.99. The van der Waals surface area contributed by atoms with Crippen molar-refractivity contribution in [3.05, 3.63) is 41.1 Å². The van der Waals surface area contributed by atoms with Crippen molar-refractivity contribution in [3.8, 4) is 0 Å². The number of nitrogens with zero attached hydrogens (tertiary/aromatic N) is 2. The normalized spacial score (nSPS) is 10.9. The van der Waals surface area contributed by atoms with Gasteiger partial charge in [0.1, 0.15) is 0 Å². The molecule has 1 heterocycles. The van der Waals surface area contributed by atoms with Crippen molar-refractivity contribution >= 4 is 16.8 Å². The number of rotatable bonds is 6. The molecular formula is C19H26N2O. The average molecular weight is 298 g/mol. The third-order valence-electron chi connectivity index (χ3n) is 4.15. The molecule has 0 atom stereocenters. The number of benzene rings is 1. The Morgan fingerprint density at radius 1 is 1.09 bits per heavy atom. The fraction of sp³-hybridized carbons (Fsp3) is 0.474. The van der Waals surface area contributed by atoms with Crippen molar-refractivity contribution in [1.82, 2.24) is 9.88 Å². The third-order valence-corrected chi connectivity index (χ3v) is 4.15. The Labute approximate surface area is 133 Å². The van der Waals surface area contributed by atoms with Crippen LogP contribution in [0.4, 0.5) is 0 Å². The van der Waals surface area contributed by atoms with Crippen LogP contribution >= 0.6 is 0 Å². The van der Waals surface area contributed by atoms with Gasteiger partial charge in [0.2, 0.25) is 5.91 Å². The largest absolute Gasteiger partial charge is 0.342 e. The van der Waals surface area contributed by atoms with Crippen molar-refractivity contribution in [3.63, 3.8) is 0 Å². The first-order chi connectivity index (χ1) is 10.6. The number of pyridine rings is 1. The second-order valence-electron chi connectivity index (χ2n) is 5.88. The maximum Gasteiger partial charge on any atom is 0.227 e. The first-order valence-electron chi connectivity index (χ1n) is 8.21. The zero-order chi connectivity index (χ0) is 16.1. The second kappa shape index (κ2) is 7.39. The summed E-state index contributed by atoms with van der Waals surface area (Å²) in [6.07, 6.45) is 2.45. The highest BCUT2D eigenvalue weighted by atomic mass is 16.2. The highest BCUT2D eigenvalue weighted by molar-refractivity contribution is 5.86. The molecule has 1 aromatic heterocycles. The van der Waals surface area contributed by atoms with E-state index >= 15 is 0 Å². The predicted molar refractivity (Wildman–Crippen MR) is 92.1 cm³/mol. The van der Waals surface area contributed by atoms with Gasteiger partial charge < -0.3 is 4.90 Å². The molecule has 0 bridgehead atoms. The average Bonchev–Trinajstić information content (AvgIpc) is 2.51. The summed E-state index contributed by atoms with van der Waals surface area (Å²) in [5.41, 5.74) is 4.25. The number of para-hydroxylation sites is 1. The molecule has 1 amide bonds. The third kappa shape index (κ3) is 3.46. The maximum absolute atomic E-state index is 12.6. The van der Waals surface area contributed by atoms with Crippen LogP contribution in [0.1, 0.15) is 43.5 Å². The molecule has 3 nitrogen and oxygen atoms in total. The van der Waals surface area contributed by atoms with Gasteiger partial charge in [0, 0.05) is 24.2 Å². The van der Waals surface area contributed by atoms with Crippen LogP contribution in [0.15, 0.2) is 24.3 Å². The number of aryl methyl sites for hydroxylation is 2. The SMILES string of the molecule is CCCN(CCC)C(=O)Cc1c(C)nc2ccccc2c1C. The maximum atomic E-state index is 12.6. The van der Waals surface area contributed by atoms with Gasteiger partial charge in [-0.05, 0) is 43.9 Å². The van der Waals surface area contributed by atoms with Crippen LogP contribution in [-0.4, -0.2) is 28.9 Å². The summed E-state index contributed by atoms with van der Waals surface area (Å²) in [4.78, 5) is 19.3. The van der Waals surface area contributed by atoms with E-state index < -0.39 is 0 Å². The van der Waals surface area contributed by atoms with Crippen molar-refractivity contribution in [2.24, 2.45) is 0 Å². The zero-order valence-corrected chi connectivity index (χ0v) is 14.1. The van der Waals surface area contributed by atoms with Gasteiger partial charge in [-0.3, -0.25) is 9.78 Å². The van der Waals surface area contributed by atoms with Gasteiger partial charge in [0.25, 0.3) is 0 Å². The Morgan fingerprint density at radius 2 is 1.73 bits per heavy atom. The van der Waals surface area contributed by atoms with Crippen LogP contribution in [0.5, 0.6) is 0 Å². The quantitative estimate of drug-likeness (QED) is 0.806. The fourth-order valence-electron chi connectivity index (χ4n) is 2.99. The highest BCUT2D eigenvalue weighted by Gasteiger charge is 2.17. The van der Waals surface area contributed by atoms with Crippen molar-refractivity contribution in [2.75, 3.05) is 13.1 Å². The molecule has 0 radical (unpaired) electrons. The molecule has 1 aromatic carbocycles. The number of hydrogen-bond donors (Lipinski definition) is 0. The van der Waals surface area contributed by atoms with E-state index in [-0.39, 0.29) is 5.91 Å². The summed E-state index contributed by atoms with van der Waals surface area (Å²) in [7, 11) is 0. The van der Waals surface area contributed by atoms with Gasteiger partial charge in [-0.25, -0.2) is 0 Å². The van der Waals surface area contributed by atoms with E-state index in [0.29, 0.717) is 6.42 Å². The smallest absolute Gasteiger partial charge is 0.227 e. The van der Waals surface area contributed by atoms with Gasteiger partial charge in [-0.15, -0.1) is 0 Å². The van der Waals surface area contributed by atoms with Crippen LogP contribution < -0.4 is 0 Å². The summed E-state index contributed by atoms with van der Waals surface area (Å²) in [6, 6.07) is 8.14. The number of hydrogen-bond acceptors (Lipinski definition) is 2. The molecule has 0 aliphatic carbocycles. The minimum Gasteiger partial charge on any atom is -0.342 e. The number of carbonyl (C=O) groups excluding carboxylic acids is 1. The molecule has 0 unspecified atom stereocenters. The molecule has 0 saturated heterocycles. The Kier molecular flexibility index (Phi) is 5.53. The van der Waals surface area contributed by atoms with Gasteiger partial charge in [0.05, 0.1) is 11.9 Å². The molecule has 0 aliphatic heterocycles. The molecular weight excluding hydrogens is 272 g/mol. The molecule has 0 saturated carbocycles. The minimum absolute atomic E-state index is 0.215. The Balaban J connectivity index is 2.32. The number of fused-ring (bicyclic) bond motifs is 1. The Hall–Kier alpha value is -1.90. The van der Waals surface area contributed by atoms with Crippen LogP contribution in [0.3, 0.4) is 0 Å². The summed E-state index contributed by atoms with van der Waals surface area (Å²) in [5, 5.41) is 1.15. The molecule has 0 fully saturated rings. The van der Waals surface area contributed by atoms with Gasteiger partial charge in [-0.2, -0.15) is 0 Å². The molecule has 3 heteroatoms. The Bertz CT molecular complexity index is 658. The first-order valence-corrected chi connectivity index (χ1v) is 8.21. The number of aromatic nitrogens is 1. The molecule has 2 rings (SSSR count). The predicted octanol–water partition coefficient (Wildman–Crippen LogP) is 4.04. The van der Waals surface area contributed by atoms with Gasteiger partial charge >= 0.3 is 0 Å². The summed E-state index contributed by atoms with van der Waals surface area (Å²) < 4.78 is 0. The number of amides is 1. The van der Waals surface area contributed by atoms with Crippen LogP contribution in [-0.2, 0) is 11.2 Å². The topological polar surface area (TPSA) is 33.2 Å². The zero-order valence-electron chi connectivity index (χ0n) is 14.1. The van der Waals surface area contributed by atoms with E-state index in [1.807, 2.05) is 30.0 Å². The lowest BCUT2D eigenvalue weighted by molar-refractivity contribution is -0.130. The van der Waals surface area contributed by atoms with Crippen molar-refractivity contribution in [2.45, 2.75) is 47.0 Å². The summed E-state index contributed by atoms with van der Waals surface area (Å²) in [5.74, 6) is 0.215. The minimum atomic E-state index is 0.215. The Morgan fingerprint density at radius 3 is 2.36 bits per heavy atom. The molecule has 0 aliphatic rings. The standard InChI is InChI=1S/C19H26N2O/c1-5-11-21(12-6-2)19(22)13-17-14(3)16-9-7-8-10-18(16)20-15(17)4/h7-10H,5-6,11-13H2,1-4H3. The van der Waals surface area contributed by atoms with E-state index in [2.05, 4.69) is 31.8 Å². The van der Waals surface area contributed by atoms with Crippen LogP contribution in [0.25, 0.3) is 10.9 Å².